The third-order valence-corrected chi connectivity index (χ3v) is 6.71. The second-order valence-electron chi connectivity index (χ2n) is 10.3. The van der Waals surface area contributed by atoms with Crippen molar-refractivity contribution in [1.82, 2.24) is 0 Å². The maximum atomic E-state index is 6.38. The van der Waals surface area contributed by atoms with E-state index in [1.807, 2.05) is 18.2 Å². The van der Waals surface area contributed by atoms with E-state index >= 15 is 0 Å². The Bertz CT molecular complexity index is 1130. The monoisotopic (exact) mass is 449 g/mol. The van der Waals surface area contributed by atoms with Crippen LogP contribution >= 0.6 is 0 Å². The van der Waals surface area contributed by atoms with E-state index in [4.69, 9.17) is 5.73 Å². The van der Waals surface area contributed by atoms with Crippen LogP contribution in [-0.4, -0.2) is 6.71 Å². The second kappa shape index (κ2) is 11.4. The second-order valence-corrected chi connectivity index (χ2v) is 10.3. The lowest BCUT2D eigenvalue weighted by Gasteiger charge is -2.23. The van der Waals surface area contributed by atoms with Gasteiger partial charge in [0, 0.05) is 11.6 Å². The quantitative estimate of drug-likeness (QED) is 0.293. The van der Waals surface area contributed by atoms with Gasteiger partial charge in [-0.3, -0.25) is 0 Å². The fourth-order valence-electron chi connectivity index (χ4n) is 5.29. The summed E-state index contributed by atoms with van der Waals surface area (Å²) in [5.74, 6) is 0.766. The van der Waals surface area contributed by atoms with E-state index in [2.05, 4.69) is 109 Å². The van der Waals surface area contributed by atoms with E-state index in [1.165, 1.54) is 38.8 Å². The molecule has 0 saturated heterocycles. The smallest absolute Gasteiger partial charge is 0.210 e. The fraction of sp³-hybridized carbons (Fsp3) is 0.312. The van der Waals surface area contributed by atoms with E-state index in [-0.39, 0.29) is 5.92 Å². The van der Waals surface area contributed by atoms with Crippen LogP contribution in [0.4, 0.5) is 0 Å². The molecule has 0 amide bonds. The predicted octanol–water partition coefficient (Wildman–Crippen LogP) is 6.93. The van der Waals surface area contributed by atoms with Crippen molar-refractivity contribution in [2.24, 2.45) is 11.7 Å². The molecule has 0 spiro atoms. The molecule has 0 heterocycles. The van der Waals surface area contributed by atoms with Crippen LogP contribution in [0.5, 0.6) is 0 Å². The molecule has 1 nitrogen and oxygen atoms in total. The topological polar surface area (TPSA) is 26.0 Å². The summed E-state index contributed by atoms with van der Waals surface area (Å²) in [5.41, 5.74) is 17.9. The number of rotatable bonds is 8. The Labute approximate surface area is 207 Å². The summed E-state index contributed by atoms with van der Waals surface area (Å²) in [6.45, 7) is 16.0. The first-order valence-corrected chi connectivity index (χ1v) is 12.5. The molecule has 2 N–H and O–H groups in total. The largest absolute Gasteiger partial charge is 0.398 e. The highest BCUT2D eigenvalue weighted by atomic mass is 14.6. The van der Waals surface area contributed by atoms with Crippen molar-refractivity contribution in [3.8, 4) is 0 Å². The van der Waals surface area contributed by atoms with Crippen molar-refractivity contribution < 1.29 is 0 Å². The number of benzene rings is 3. The van der Waals surface area contributed by atoms with Gasteiger partial charge in [-0.25, -0.2) is 0 Å². The number of hydrogen-bond acceptors (Lipinski definition) is 1. The van der Waals surface area contributed by atoms with Crippen LogP contribution in [0.1, 0.15) is 61.4 Å². The van der Waals surface area contributed by atoms with E-state index in [0.29, 0.717) is 12.6 Å². The van der Waals surface area contributed by atoms with E-state index < -0.39 is 0 Å². The maximum Gasteiger partial charge on any atom is 0.210 e. The molecule has 0 saturated carbocycles. The lowest BCUT2D eigenvalue weighted by atomic mass is 9.36. The van der Waals surface area contributed by atoms with Crippen molar-refractivity contribution >= 4 is 23.3 Å². The third-order valence-electron chi connectivity index (χ3n) is 6.71. The van der Waals surface area contributed by atoms with E-state index in [0.717, 1.165) is 17.6 Å². The van der Waals surface area contributed by atoms with Crippen LogP contribution in [0, 0.1) is 26.7 Å². The molecule has 2 unspecified atom stereocenters. The van der Waals surface area contributed by atoms with Crippen LogP contribution in [0.25, 0.3) is 5.70 Å². The molecule has 0 fully saturated rings. The van der Waals surface area contributed by atoms with Crippen LogP contribution in [-0.2, 0) is 0 Å². The van der Waals surface area contributed by atoms with E-state index in [1.54, 1.807) is 0 Å². The zero-order chi connectivity index (χ0) is 24.8. The normalized spacial score (nSPS) is 13.3. The molecule has 0 aliphatic carbocycles. The molecule has 34 heavy (non-hydrogen) atoms. The highest BCUT2D eigenvalue weighted by molar-refractivity contribution is 6.85. The van der Waals surface area contributed by atoms with Crippen LogP contribution < -0.4 is 16.7 Å². The third kappa shape index (κ3) is 6.53. The minimum Gasteiger partial charge on any atom is -0.398 e. The van der Waals surface area contributed by atoms with Gasteiger partial charge in [-0.15, -0.1) is 0 Å². The molecule has 0 aliphatic heterocycles. The Morgan fingerprint density at radius 1 is 0.853 bits per heavy atom. The number of hydrogen-bond donors (Lipinski definition) is 1. The van der Waals surface area contributed by atoms with Crippen molar-refractivity contribution in [1.29, 1.82) is 0 Å². The molecule has 0 aromatic heterocycles. The maximum absolute atomic E-state index is 6.38. The lowest BCUT2D eigenvalue weighted by Crippen LogP contribution is -2.45. The van der Waals surface area contributed by atoms with Gasteiger partial charge in [-0.05, 0) is 51.7 Å². The molecule has 3 aromatic rings. The zero-order valence-corrected chi connectivity index (χ0v) is 22.0. The molecule has 3 rings (SSSR count). The summed E-state index contributed by atoms with van der Waals surface area (Å²) in [4.78, 5) is 0. The van der Waals surface area contributed by atoms with Crippen molar-refractivity contribution in [3.05, 3.63) is 112 Å². The molecular weight excluding hydrogens is 409 g/mol. The molecule has 176 valence electrons. The Morgan fingerprint density at radius 3 is 2.00 bits per heavy atom. The van der Waals surface area contributed by atoms with Gasteiger partial charge in [0.15, 0.2) is 0 Å². The standard InChI is InChI=1S/C32H40BN/c1-22(2)17-24(4)21-33(32-26(6)18-23(3)19-27(32)7)30-15-13-28(14-16-30)25(5)20-31(34)29-11-9-8-10-12-29/h8-20,24-25H,21,34H2,1-7H3/b31-20-. The summed E-state index contributed by atoms with van der Waals surface area (Å²) >= 11 is 0. The Hall–Kier alpha value is -3.00. The van der Waals surface area contributed by atoms with E-state index in [9.17, 15) is 0 Å². The Kier molecular flexibility index (Phi) is 8.61. The molecular formula is C32H40BN. The molecule has 0 radical (unpaired) electrons. The first kappa shape index (κ1) is 25.6. The molecule has 2 atom stereocenters. The van der Waals surface area contributed by atoms with Crippen LogP contribution in [0.2, 0.25) is 6.32 Å². The fourth-order valence-corrected chi connectivity index (χ4v) is 5.29. The van der Waals surface area contributed by atoms with Gasteiger partial charge in [0.1, 0.15) is 0 Å². The van der Waals surface area contributed by atoms with Gasteiger partial charge in [-0.2, -0.15) is 0 Å². The van der Waals surface area contributed by atoms with Crippen molar-refractivity contribution in [2.45, 2.75) is 60.7 Å². The summed E-state index contributed by atoms with van der Waals surface area (Å²) in [6, 6.07) is 24.1. The average molecular weight is 449 g/mol. The summed E-state index contributed by atoms with van der Waals surface area (Å²) in [5, 5.41) is 0. The molecule has 2 heteroatoms. The highest BCUT2D eigenvalue weighted by Crippen LogP contribution is 2.21. The number of allylic oxidation sites excluding steroid dienone is 3. The number of aryl methyl sites for hydroxylation is 3. The minimum atomic E-state index is 0.250. The molecule has 0 bridgehead atoms. The SMILES string of the molecule is CC(C)=CC(C)CB(c1ccc(C(C)/C=C(\N)c2ccccc2)cc1)c1c(C)cc(C)cc1C. The highest BCUT2D eigenvalue weighted by Gasteiger charge is 2.25. The Balaban J connectivity index is 1.94. The van der Waals surface area contributed by atoms with Gasteiger partial charge in [0.05, 0.1) is 0 Å². The Morgan fingerprint density at radius 2 is 1.44 bits per heavy atom. The first-order valence-electron chi connectivity index (χ1n) is 12.5. The van der Waals surface area contributed by atoms with Crippen molar-refractivity contribution in [2.75, 3.05) is 0 Å². The number of nitrogens with two attached hydrogens (primary N) is 1. The van der Waals surface area contributed by atoms with Gasteiger partial charge in [0.2, 0.25) is 6.71 Å². The minimum absolute atomic E-state index is 0.250. The summed E-state index contributed by atoms with van der Waals surface area (Å²) in [6.07, 6.45) is 5.66. The average Bonchev–Trinajstić information content (AvgIpc) is 2.78. The summed E-state index contributed by atoms with van der Waals surface area (Å²) < 4.78 is 0. The van der Waals surface area contributed by atoms with Gasteiger partial charge < -0.3 is 5.73 Å². The molecule has 0 aliphatic rings. The van der Waals surface area contributed by atoms with Gasteiger partial charge in [0.25, 0.3) is 0 Å². The van der Waals surface area contributed by atoms with Gasteiger partial charge >= 0.3 is 0 Å². The first-order chi connectivity index (χ1) is 16.2. The zero-order valence-electron chi connectivity index (χ0n) is 22.0. The van der Waals surface area contributed by atoms with Gasteiger partial charge in [-0.1, -0.05) is 132 Å². The van der Waals surface area contributed by atoms with Crippen LogP contribution in [0.3, 0.4) is 0 Å². The lowest BCUT2D eigenvalue weighted by molar-refractivity contribution is 0.812. The van der Waals surface area contributed by atoms with Crippen LogP contribution in [0.15, 0.2) is 84.5 Å². The summed E-state index contributed by atoms with van der Waals surface area (Å²) in [7, 11) is 0. The van der Waals surface area contributed by atoms with Crippen molar-refractivity contribution in [3.63, 3.8) is 0 Å². The predicted molar refractivity (Wildman–Crippen MR) is 153 cm³/mol. The molecule has 3 aromatic carbocycles.